The minimum Gasteiger partial charge on any atom is -0.339 e. The van der Waals surface area contributed by atoms with Gasteiger partial charge >= 0.3 is 0 Å². The SMILES string of the molecule is CC(C)(C)n1ncc2c(=O)[nH]c(N3CCN(C(=O)c4c(Cl)cccc4Cl)CC3)nc21. The molecule has 3 aromatic rings. The molecule has 0 radical (unpaired) electrons. The second kappa shape index (κ2) is 7.59. The number of anilines is 1. The molecule has 30 heavy (non-hydrogen) atoms. The third-order valence-electron chi connectivity index (χ3n) is 5.10. The van der Waals surface area contributed by atoms with Gasteiger partial charge in [0.05, 0.1) is 27.3 Å². The Bertz CT molecular complexity index is 1150. The van der Waals surface area contributed by atoms with Crippen LogP contribution < -0.4 is 10.5 Å². The molecule has 1 aliphatic heterocycles. The molecule has 0 atom stereocenters. The van der Waals surface area contributed by atoms with Crippen molar-refractivity contribution in [3.63, 3.8) is 0 Å². The zero-order valence-corrected chi connectivity index (χ0v) is 18.5. The number of hydrogen-bond donors (Lipinski definition) is 1. The number of nitrogens with zero attached hydrogens (tertiary/aromatic N) is 5. The maximum Gasteiger partial charge on any atom is 0.263 e. The molecular weight excluding hydrogens is 427 g/mol. The van der Waals surface area contributed by atoms with Gasteiger partial charge in [0.25, 0.3) is 11.5 Å². The largest absolute Gasteiger partial charge is 0.339 e. The lowest BCUT2D eigenvalue weighted by Gasteiger charge is -2.35. The molecule has 0 saturated carbocycles. The molecule has 1 aliphatic rings. The van der Waals surface area contributed by atoms with E-state index in [-0.39, 0.29) is 17.0 Å². The Morgan fingerprint density at radius 1 is 1.10 bits per heavy atom. The molecule has 4 rings (SSSR count). The van der Waals surface area contributed by atoms with E-state index in [1.807, 2.05) is 25.7 Å². The predicted molar refractivity (Wildman–Crippen MR) is 118 cm³/mol. The molecule has 158 valence electrons. The summed E-state index contributed by atoms with van der Waals surface area (Å²) in [6.45, 7) is 7.98. The number of rotatable bonds is 2. The van der Waals surface area contributed by atoms with Crippen molar-refractivity contribution < 1.29 is 4.79 Å². The molecule has 2 aromatic heterocycles. The van der Waals surface area contributed by atoms with Crippen LogP contribution >= 0.6 is 23.2 Å². The van der Waals surface area contributed by atoms with Gasteiger partial charge in [-0.05, 0) is 32.9 Å². The van der Waals surface area contributed by atoms with Crippen LogP contribution in [0.5, 0.6) is 0 Å². The standard InChI is InChI=1S/C20H22Cl2N6O2/c1-20(2,3)28-16-12(11-23-28)17(29)25-19(24-16)27-9-7-26(8-10-27)18(30)15-13(21)5-4-6-14(15)22/h4-6,11H,7-10H2,1-3H3,(H,24,25,29). The van der Waals surface area contributed by atoms with Gasteiger partial charge in [0.15, 0.2) is 5.65 Å². The third kappa shape index (κ3) is 3.65. The predicted octanol–water partition coefficient (Wildman–Crippen LogP) is 3.14. The van der Waals surface area contributed by atoms with Crippen molar-refractivity contribution in [2.45, 2.75) is 26.3 Å². The van der Waals surface area contributed by atoms with Crippen LogP contribution in [0.2, 0.25) is 10.0 Å². The van der Waals surface area contributed by atoms with Crippen LogP contribution in [0.25, 0.3) is 11.0 Å². The quantitative estimate of drug-likeness (QED) is 0.650. The van der Waals surface area contributed by atoms with Gasteiger partial charge in [0, 0.05) is 26.2 Å². The van der Waals surface area contributed by atoms with Crippen molar-refractivity contribution in [3.8, 4) is 0 Å². The molecule has 1 saturated heterocycles. The lowest BCUT2D eigenvalue weighted by molar-refractivity contribution is 0.0746. The monoisotopic (exact) mass is 448 g/mol. The number of nitrogens with one attached hydrogen (secondary N) is 1. The van der Waals surface area contributed by atoms with Crippen LogP contribution in [-0.4, -0.2) is 56.7 Å². The highest BCUT2D eigenvalue weighted by Crippen LogP contribution is 2.26. The van der Waals surface area contributed by atoms with Crippen molar-refractivity contribution in [1.82, 2.24) is 24.6 Å². The summed E-state index contributed by atoms with van der Waals surface area (Å²) in [6.07, 6.45) is 1.54. The first-order chi connectivity index (χ1) is 14.2. The van der Waals surface area contributed by atoms with E-state index in [1.165, 1.54) is 0 Å². The van der Waals surface area contributed by atoms with Crippen LogP contribution in [0.3, 0.4) is 0 Å². The second-order valence-electron chi connectivity index (χ2n) is 8.23. The number of benzene rings is 1. The molecule has 1 fully saturated rings. The minimum atomic E-state index is -0.306. The molecule has 3 heterocycles. The first-order valence-electron chi connectivity index (χ1n) is 9.63. The average Bonchev–Trinajstić information content (AvgIpc) is 3.13. The summed E-state index contributed by atoms with van der Waals surface area (Å²) in [4.78, 5) is 36.6. The molecular formula is C20H22Cl2N6O2. The Balaban J connectivity index is 1.56. The summed E-state index contributed by atoms with van der Waals surface area (Å²) in [5.74, 6) is 0.273. The topological polar surface area (TPSA) is 87.1 Å². The summed E-state index contributed by atoms with van der Waals surface area (Å²) in [6, 6.07) is 5.01. The van der Waals surface area contributed by atoms with Crippen molar-refractivity contribution in [1.29, 1.82) is 0 Å². The fraction of sp³-hybridized carbons (Fsp3) is 0.400. The van der Waals surface area contributed by atoms with Crippen LogP contribution in [0, 0.1) is 0 Å². The number of carbonyl (C=O) groups is 1. The fourth-order valence-corrected chi connectivity index (χ4v) is 4.09. The molecule has 1 amide bonds. The number of carbonyl (C=O) groups excluding carboxylic acids is 1. The second-order valence-corrected chi connectivity index (χ2v) is 9.04. The van der Waals surface area contributed by atoms with E-state index in [0.29, 0.717) is 58.8 Å². The number of amides is 1. The highest BCUT2D eigenvalue weighted by molar-refractivity contribution is 6.39. The van der Waals surface area contributed by atoms with Crippen LogP contribution in [-0.2, 0) is 5.54 Å². The van der Waals surface area contributed by atoms with E-state index in [0.717, 1.165) is 0 Å². The number of fused-ring (bicyclic) bond motifs is 1. The Hall–Kier alpha value is -2.58. The van der Waals surface area contributed by atoms with Gasteiger partial charge in [0.2, 0.25) is 5.95 Å². The van der Waals surface area contributed by atoms with Gasteiger partial charge in [-0.3, -0.25) is 14.6 Å². The maximum absolute atomic E-state index is 12.9. The number of aromatic nitrogens is 4. The summed E-state index contributed by atoms with van der Waals surface area (Å²) in [5.41, 5.74) is 0.324. The Kier molecular flexibility index (Phi) is 5.23. The molecule has 0 bridgehead atoms. The summed E-state index contributed by atoms with van der Waals surface area (Å²) in [5, 5.41) is 5.46. The minimum absolute atomic E-state index is 0.201. The van der Waals surface area contributed by atoms with E-state index in [1.54, 1.807) is 34.0 Å². The highest BCUT2D eigenvalue weighted by Gasteiger charge is 2.27. The van der Waals surface area contributed by atoms with Gasteiger partial charge < -0.3 is 9.80 Å². The van der Waals surface area contributed by atoms with Gasteiger partial charge in [-0.15, -0.1) is 0 Å². The van der Waals surface area contributed by atoms with Crippen molar-refractivity contribution in [2.24, 2.45) is 0 Å². The average molecular weight is 449 g/mol. The van der Waals surface area contributed by atoms with Crippen LogP contribution in [0.15, 0.2) is 29.2 Å². The Labute approximate surface area is 183 Å². The third-order valence-corrected chi connectivity index (χ3v) is 5.73. The van der Waals surface area contributed by atoms with E-state index in [9.17, 15) is 9.59 Å². The molecule has 0 unspecified atom stereocenters. The molecule has 0 aliphatic carbocycles. The van der Waals surface area contributed by atoms with Crippen molar-refractivity contribution in [3.05, 3.63) is 50.4 Å². The number of piperazine rings is 1. The van der Waals surface area contributed by atoms with Crippen molar-refractivity contribution in [2.75, 3.05) is 31.1 Å². The van der Waals surface area contributed by atoms with Crippen molar-refractivity contribution >= 4 is 46.1 Å². The Morgan fingerprint density at radius 3 is 2.33 bits per heavy atom. The first-order valence-corrected chi connectivity index (χ1v) is 10.4. The normalized spacial score (nSPS) is 15.1. The highest BCUT2D eigenvalue weighted by atomic mass is 35.5. The number of hydrogen-bond acceptors (Lipinski definition) is 5. The fourth-order valence-electron chi connectivity index (χ4n) is 3.53. The van der Waals surface area contributed by atoms with Gasteiger partial charge in [0.1, 0.15) is 5.39 Å². The number of H-pyrrole nitrogens is 1. The van der Waals surface area contributed by atoms with Gasteiger partial charge in [-0.2, -0.15) is 10.1 Å². The van der Waals surface area contributed by atoms with Crippen LogP contribution in [0.4, 0.5) is 5.95 Å². The van der Waals surface area contributed by atoms with E-state index in [2.05, 4.69) is 15.1 Å². The summed E-state index contributed by atoms with van der Waals surface area (Å²) >= 11 is 12.4. The lowest BCUT2D eigenvalue weighted by Crippen LogP contribution is -2.49. The molecule has 10 heteroatoms. The van der Waals surface area contributed by atoms with E-state index in [4.69, 9.17) is 23.2 Å². The summed E-state index contributed by atoms with van der Waals surface area (Å²) < 4.78 is 1.75. The zero-order chi connectivity index (χ0) is 21.6. The van der Waals surface area contributed by atoms with Gasteiger partial charge in [-0.25, -0.2) is 4.68 Å². The smallest absolute Gasteiger partial charge is 0.263 e. The van der Waals surface area contributed by atoms with Crippen LogP contribution in [0.1, 0.15) is 31.1 Å². The zero-order valence-electron chi connectivity index (χ0n) is 16.9. The number of aromatic amines is 1. The number of halogens is 2. The van der Waals surface area contributed by atoms with E-state index < -0.39 is 0 Å². The van der Waals surface area contributed by atoms with E-state index >= 15 is 0 Å². The first kappa shape index (κ1) is 20.7. The van der Waals surface area contributed by atoms with Gasteiger partial charge in [-0.1, -0.05) is 29.3 Å². The lowest BCUT2D eigenvalue weighted by atomic mass is 10.1. The summed E-state index contributed by atoms with van der Waals surface area (Å²) in [7, 11) is 0. The molecule has 0 spiro atoms. The molecule has 8 nitrogen and oxygen atoms in total. The molecule has 1 N–H and O–H groups in total. The Morgan fingerprint density at radius 2 is 1.73 bits per heavy atom. The maximum atomic E-state index is 12.9. The molecule has 1 aromatic carbocycles.